The molecule has 2 atom stereocenters. The number of carbonyl (C=O) groups is 1. The first-order valence-corrected chi connectivity index (χ1v) is 7.44. The standard InChI is InChI=1S/C15H19ClN2O3/c1-15(2)14(20)13(18-6-5-17-8-12(18)19)10-7-9(16)3-4-11(10)21-15/h3-4,7,13-14,17,20H,5-6,8H2,1-2H3/t13-,14+/m1/s1. The predicted octanol–water partition coefficient (Wildman–Crippen LogP) is 1.34. The zero-order chi connectivity index (χ0) is 15.2. The van der Waals surface area contributed by atoms with Crippen LogP contribution in [0.15, 0.2) is 18.2 Å². The van der Waals surface area contributed by atoms with Gasteiger partial charge in [0.15, 0.2) is 0 Å². The quantitative estimate of drug-likeness (QED) is 0.822. The van der Waals surface area contributed by atoms with E-state index in [4.69, 9.17) is 16.3 Å². The van der Waals surface area contributed by atoms with Crippen LogP contribution in [0.2, 0.25) is 5.02 Å². The van der Waals surface area contributed by atoms with Crippen molar-refractivity contribution in [3.63, 3.8) is 0 Å². The van der Waals surface area contributed by atoms with E-state index in [1.165, 1.54) is 0 Å². The minimum atomic E-state index is -0.814. The van der Waals surface area contributed by atoms with Crippen LogP contribution >= 0.6 is 11.6 Å². The van der Waals surface area contributed by atoms with Crippen molar-refractivity contribution < 1.29 is 14.6 Å². The van der Waals surface area contributed by atoms with Gasteiger partial charge >= 0.3 is 0 Å². The van der Waals surface area contributed by atoms with Crippen LogP contribution in [0.3, 0.4) is 0 Å². The molecule has 2 aliphatic heterocycles. The molecule has 1 aromatic carbocycles. The molecule has 0 aliphatic carbocycles. The largest absolute Gasteiger partial charge is 0.485 e. The Kier molecular flexibility index (Phi) is 3.59. The molecule has 1 aromatic rings. The maximum Gasteiger partial charge on any atom is 0.237 e. The van der Waals surface area contributed by atoms with Crippen molar-refractivity contribution in [3.8, 4) is 5.75 Å². The smallest absolute Gasteiger partial charge is 0.237 e. The normalized spacial score (nSPS) is 28.0. The Balaban J connectivity index is 2.08. The van der Waals surface area contributed by atoms with Crippen LogP contribution in [0.25, 0.3) is 0 Å². The Morgan fingerprint density at radius 1 is 1.48 bits per heavy atom. The number of amides is 1. The van der Waals surface area contributed by atoms with Crippen molar-refractivity contribution >= 4 is 17.5 Å². The molecule has 0 saturated carbocycles. The first kappa shape index (κ1) is 14.6. The maximum atomic E-state index is 12.2. The molecule has 1 saturated heterocycles. The first-order valence-electron chi connectivity index (χ1n) is 7.07. The Morgan fingerprint density at radius 2 is 2.24 bits per heavy atom. The van der Waals surface area contributed by atoms with Crippen molar-refractivity contribution in [3.05, 3.63) is 28.8 Å². The van der Waals surface area contributed by atoms with Crippen LogP contribution in [0.1, 0.15) is 25.5 Å². The third-order valence-corrected chi connectivity index (χ3v) is 4.37. The summed E-state index contributed by atoms with van der Waals surface area (Å²) >= 11 is 6.08. The molecule has 0 unspecified atom stereocenters. The van der Waals surface area contributed by atoms with Crippen molar-refractivity contribution in [2.75, 3.05) is 19.6 Å². The second kappa shape index (κ2) is 5.16. The van der Waals surface area contributed by atoms with E-state index in [-0.39, 0.29) is 5.91 Å². The molecule has 3 rings (SSSR count). The molecular formula is C15H19ClN2O3. The van der Waals surface area contributed by atoms with Gasteiger partial charge in [-0.2, -0.15) is 0 Å². The summed E-state index contributed by atoms with van der Waals surface area (Å²) in [5.74, 6) is 0.653. The number of rotatable bonds is 1. The molecule has 1 fully saturated rings. The van der Waals surface area contributed by atoms with Gasteiger partial charge in [-0.3, -0.25) is 4.79 Å². The number of hydrogen-bond donors (Lipinski definition) is 2. The number of fused-ring (bicyclic) bond motifs is 1. The molecule has 0 aromatic heterocycles. The lowest BCUT2D eigenvalue weighted by Crippen LogP contribution is -2.58. The second-order valence-electron chi connectivity index (χ2n) is 6.04. The highest BCUT2D eigenvalue weighted by Crippen LogP contribution is 2.43. The van der Waals surface area contributed by atoms with Gasteiger partial charge in [-0.25, -0.2) is 0 Å². The Hall–Kier alpha value is -1.30. The zero-order valence-electron chi connectivity index (χ0n) is 12.1. The second-order valence-corrected chi connectivity index (χ2v) is 6.48. The molecule has 0 radical (unpaired) electrons. The molecule has 2 heterocycles. The van der Waals surface area contributed by atoms with Crippen LogP contribution in [0.4, 0.5) is 0 Å². The molecule has 21 heavy (non-hydrogen) atoms. The van der Waals surface area contributed by atoms with Crippen LogP contribution < -0.4 is 10.1 Å². The molecular weight excluding hydrogens is 292 g/mol. The van der Waals surface area contributed by atoms with Crippen LogP contribution in [-0.2, 0) is 4.79 Å². The fourth-order valence-electron chi connectivity index (χ4n) is 2.99. The minimum absolute atomic E-state index is 0.0195. The molecule has 0 spiro atoms. The predicted molar refractivity (Wildman–Crippen MR) is 79.5 cm³/mol. The van der Waals surface area contributed by atoms with Gasteiger partial charge in [0.2, 0.25) is 5.91 Å². The number of halogens is 1. The highest BCUT2D eigenvalue weighted by atomic mass is 35.5. The molecule has 5 nitrogen and oxygen atoms in total. The van der Waals surface area contributed by atoms with Crippen LogP contribution in [0, 0.1) is 0 Å². The number of ether oxygens (including phenoxy) is 1. The van der Waals surface area contributed by atoms with E-state index in [9.17, 15) is 9.90 Å². The van der Waals surface area contributed by atoms with E-state index in [1.54, 1.807) is 23.1 Å². The van der Waals surface area contributed by atoms with E-state index < -0.39 is 17.7 Å². The Bertz CT molecular complexity index is 576. The van der Waals surface area contributed by atoms with Crippen molar-refractivity contribution in [1.82, 2.24) is 10.2 Å². The fraction of sp³-hybridized carbons (Fsp3) is 0.533. The number of nitrogens with zero attached hydrogens (tertiary/aromatic N) is 1. The monoisotopic (exact) mass is 310 g/mol. The lowest BCUT2D eigenvalue weighted by atomic mass is 9.85. The van der Waals surface area contributed by atoms with Gasteiger partial charge in [0.05, 0.1) is 12.6 Å². The number of piperazine rings is 1. The zero-order valence-corrected chi connectivity index (χ0v) is 12.9. The van der Waals surface area contributed by atoms with Gasteiger partial charge in [0, 0.05) is 23.7 Å². The summed E-state index contributed by atoms with van der Waals surface area (Å²) in [4.78, 5) is 13.9. The summed E-state index contributed by atoms with van der Waals surface area (Å²) in [5.41, 5.74) is 0.000915. The lowest BCUT2D eigenvalue weighted by Gasteiger charge is -2.47. The van der Waals surface area contributed by atoms with Crippen molar-refractivity contribution in [1.29, 1.82) is 0 Å². The topological polar surface area (TPSA) is 61.8 Å². The summed E-state index contributed by atoms with van der Waals surface area (Å²) in [7, 11) is 0. The number of aliphatic hydroxyl groups excluding tert-OH is 1. The van der Waals surface area contributed by atoms with E-state index >= 15 is 0 Å². The third kappa shape index (κ3) is 2.50. The van der Waals surface area contributed by atoms with E-state index in [1.807, 2.05) is 13.8 Å². The minimum Gasteiger partial charge on any atom is -0.485 e. The van der Waals surface area contributed by atoms with E-state index in [0.29, 0.717) is 30.4 Å². The summed E-state index contributed by atoms with van der Waals surface area (Å²) < 4.78 is 5.88. The summed E-state index contributed by atoms with van der Waals surface area (Å²) in [5, 5.41) is 14.3. The average molecular weight is 311 g/mol. The SMILES string of the molecule is CC1(C)Oc2ccc(Cl)cc2[C@@H](N2CCNCC2=O)[C@@H]1O. The molecule has 1 amide bonds. The number of benzene rings is 1. The summed E-state index contributed by atoms with van der Waals surface area (Å²) in [6.45, 7) is 5.22. The summed E-state index contributed by atoms with van der Waals surface area (Å²) in [6.07, 6.45) is -0.814. The van der Waals surface area contributed by atoms with Crippen molar-refractivity contribution in [2.24, 2.45) is 0 Å². The van der Waals surface area contributed by atoms with Crippen molar-refractivity contribution in [2.45, 2.75) is 31.6 Å². The van der Waals surface area contributed by atoms with Gasteiger partial charge in [0.25, 0.3) is 0 Å². The highest BCUT2D eigenvalue weighted by Gasteiger charge is 2.46. The molecule has 6 heteroatoms. The number of hydrogen-bond acceptors (Lipinski definition) is 4. The van der Waals surface area contributed by atoms with Gasteiger partial charge in [-0.15, -0.1) is 0 Å². The summed E-state index contributed by atoms with van der Waals surface area (Å²) in [6, 6.07) is 4.89. The Morgan fingerprint density at radius 3 is 2.95 bits per heavy atom. The first-order chi connectivity index (χ1) is 9.90. The Labute approximate surface area is 128 Å². The molecule has 0 bridgehead atoms. The van der Waals surface area contributed by atoms with Crippen LogP contribution in [0.5, 0.6) is 5.75 Å². The van der Waals surface area contributed by atoms with Gasteiger partial charge in [-0.1, -0.05) is 11.6 Å². The van der Waals surface area contributed by atoms with Gasteiger partial charge in [0.1, 0.15) is 17.5 Å². The number of aliphatic hydroxyl groups is 1. The van der Waals surface area contributed by atoms with E-state index in [0.717, 1.165) is 5.56 Å². The number of nitrogens with one attached hydrogen (secondary N) is 1. The third-order valence-electron chi connectivity index (χ3n) is 4.14. The van der Waals surface area contributed by atoms with Crippen LogP contribution in [-0.4, -0.2) is 47.3 Å². The van der Waals surface area contributed by atoms with Gasteiger partial charge < -0.3 is 20.1 Å². The molecule has 114 valence electrons. The lowest BCUT2D eigenvalue weighted by molar-refractivity contribution is -0.145. The highest BCUT2D eigenvalue weighted by molar-refractivity contribution is 6.30. The molecule has 2 aliphatic rings. The van der Waals surface area contributed by atoms with E-state index in [2.05, 4.69) is 5.32 Å². The van der Waals surface area contributed by atoms with Gasteiger partial charge in [-0.05, 0) is 32.0 Å². The maximum absolute atomic E-state index is 12.2. The number of carbonyl (C=O) groups excluding carboxylic acids is 1. The average Bonchev–Trinajstić information content (AvgIpc) is 2.42. The fourth-order valence-corrected chi connectivity index (χ4v) is 3.17. The molecule has 2 N–H and O–H groups in total.